The zero-order chi connectivity index (χ0) is 27.1. The van der Waals surface area contributed by atoms with E-state index in [9.17, 15) is 22.8 Å². The Hall–Kier alpha value is -2.99. The van der Waals surface area contributed by atoms with E-state index in [-0.39, 0.29) is 30.9 Å². The first kappa shape index (κ1) is 27.1. The first-order valence-electron chi connectivity index (χ1n) is 10.5. The molecule has 37 heavy (non-hydrogen) atoms. The molecule has 1 N–H and O–H groups in total. The van der Waals surface area contributed by atoms with Crippen LogP contribution >= 0.6 is 43.5 Å². The zero-order valence-corrected chi connectivity index (χ0v) is 24.0. The largest absolute Gasteiger partial charge is 0.377 e. The minimum absolute atomic E-state index is 0.0199. The number of hydrogen-bond acceptors (Lipinski definition) is 6. The van der Waals surface area contributed by atoms with Crippen molar-refractivity contribution in [1.82, 2.24) is 5.32 Å². The average Bonchev–Trinajstić information content (AvgIpc) is 2.81. The van der Waals surface area contributed by atoms with Crippen LogP contribution in [0.4, 0.5) is 10.5 Å². The monoisotopic (exact) mass is 666 g/mol. The molecule has 12 heteroatoms. The van der Waals surface area contributed by atoms with Gasteiger partial charge in [0.05, 0.1) is 14.6 Å². The van der Waals surface area contributed by atoms with Gasteiger partial charge in [0, 0.05) is 5.02 Å². The molecule has 8 nitrogen and oxygen atoms in total. The van der Waals surface area contributed by atoms with E-state index in [1.165, 1.54) is 36.4 Å². The number of imide groups is 2. The van der Waals surface area contributed by atoms with E-state index in [1.807, 2.05) is 6.92 Å². The maximum Gasteiger partial charge on any atom is 0.339 e. The summed E-state index contributed by atoms with van der Waals surface area (Å²) in [6, 6.07) is 12.9. The fraction of sp³-hybridized carbons (Fsp3) is 0.0800. The maximum atomic E-state index is 13.2. The standard InChI is InChI=1S/C25H17Br2ClN2O6S/c1-13-3-7-17(8-4-13)37(34,35)36-22-19(26)10-15(11-20(22)27)9-18-23(31)29-25(33)30(24(18)32)16-6-5-14(2)21(28)12-16/h3-12H,1-2H3,(H,29,31,33)/b18-9+. The number of hydrogen-bond donors (Lipinski definition) is 1. The number of aryl methyl sites for hydroxylation is 2. The van der Waals surface area contributed by atoms with Gasteiger partial charge in [-0.1, -0.05) is 35.4 Å². The molecule has 0 atom stereocenters. The summed E-state index contributed by atoms with van der Waals surface area (Å²) in [5, 5.41) is 2.50. The Morgan fingerprint density at radius 2 is 1.57 bits per heavy atom. The van der Waals surface area contributed by atoms with Crippen LogP contribution in [0.2, 0.25) is 5.02 Å². The summed E-state index contributed by atoms with van der Waals surface area (Å²) in [4.78, 5) is 38.9. The normalized spacial score (nSPS) is 15.2. The van der Waals surface area contributed by atoms with E-state index in [4.69, 9.17) is 15.8 Å². The molecule has 0 aromatic heterocycles. The molecule has 0 spiro atoms. The van der Waals surface area contributed by atoms with Crippen molar-refractivity contribution < 1.29 is 27.0 Å². The molecule has 0 aliphatic carbocycles. The molecular weight excluding hydrogens is 652 g/mol. The highest BCUT2D eigenvalue weighted by atomic mass is 79.9. The predicted octanol–water partition coefficient (Wildman–Crippen LogP) is 5.92. The number of anilines is 1. The molecule has 1 saturated heterocycles. The fourth-order valence-electron chi connectivity index (χ4n) is 3.38. The first-order valence-corrected chi connectivity index (χ1v) is 13.9. The van der Waals surface area contributed by atoms with Crippen molar-refractivity contribution in [3.63, 3.8) is 0 Å². The third kappa shape index (κ3) is 5.64. The summed E-state index contributed by atoms with van der Waals surface area (Å²) in [5.74, 6) is -1.74. The number of amides is 4. The number of halogens is 3. The van der Waals surface area contributed by atoms with E-state index in [0.717, 1.165) is 16.0 Å². The molecule has 0 saturated carbocycles. The Bertz CT molecular complexity index is 1580. The van der Waals surface area contributed by atoms with Crippen LogP contribution < -0.4 is 14.4 Å². The average molecular weight is 669 g/mol. The van der Waals surface area contributed by atoms with Crippen LogP contribution in [-0.2, 0) is 19.7 Å². The number of carbonyl (C=O) groups excluding carboxylic acids is 3. The third-order valence-corrected chi connectivity index (χ3v) is 8.17. The Labute approximate surface area is 234 Å². The third-order valence-electron chi connectivity index (χ3n) is 5.35. The molecule has 3 aromatic carbocycles. The van der Waals surface area contributed by atoms with E-state index >= 15 is 0 Å². The van der Waals surface area contributed by atoms with Gasteiger partial charge in [0.1, 0.15) is 10.5 Å². The van der Waals surface area contributed by atoms with Crippen molar-refractivity contribution in [3.05, 3.63) is 90.8 Å². The van der Waals surface area contributed by atoms with Gasteiger partial charge in [-0.05, 0) is 99.3 Å². The van der Waals surface area contributed by atoms with Gasteiger partial charge >= 0.3 is 16.1 Å². The molecule has 1 aliphatic rings. The van der Waals surface area contributed by atoms with Gasteiger partial charge in [0.2, 0.25) is 0 Å². The van der Waals surface area contributed by atoms with Crippen LogP contribution in [0.25, 0.3) is 6.08 Å². The van der Waals surface area contributed by atoms with Crippen molar-refractivity contribution in [2.24, 2.45) is 0 Å². The molecule has 0 bridgehead atoms. The van der Waals surface area contributed by atoms with E-state index < -0.39 is 28.0 Å². The van der Waals surface area contributed by atoms with Crippen LogP contribution in [0.3, 0.4) is 0 Å². The van der Waals surface area contributed by atoms with Gasteiger partial charge in [0.15, 0.2) is 5.75 Å². The van der Waals surface area contributed by atoms with Crippen molar-refractivity contribution in [3.8, 4) is 5.75 Å². The van der Waals surface area contributed by atoms with E-state index in [0.29, 0.717) is 10.6 Å². The molecule has 0 unspecified atom stereocenters. The van der Waals surface area contributed by atoms with Crippen LogP contribution in [-0.4, -0.2) is 26.3 Å². The molecule has 4 rings (SSSR count). The second-order valence-electron chi connectivity index (χ2n) is 8.06. The van der Waals surface area contributed by atoms with E-state index in [2.05, 4.69) is 37.2 Å². The van der Waals surface area contributed by atoms with Crippen molar-refractivity contribution >= 4 is 83.2 Å². The van der Waals surface area contributed by atoms with Crippen molar-refractivity contribution in [2.75, 3.05) is 4.90 Å². The van der Waals surface area contributed by atoms with Gasteiger partial charge in [0.25, 0.3) is 11.8 Å². The minimum Gasteiger partial charge on any atom is -0.377 e. The highest BCUT2D eigenvalue weighted by molar-refractivity contribution is 9.11. The molecule has 3 aromatic rings. The van der Waals surface area contributed by atoms with Crippen LogP contribution in [0, 0.1) is 13.8 Å². The van der Waals surface area contributed by atoms with Gasteiger partial charge < -0.3 is 4.18 Å². The number of barbiturate groups is 1. The number of nitrogens with zero attached hydrogens (tertiary/aromatic N) is 1. The molecule has 1 heterocycles. The fourth-order valence-corrected chi connectivity index (χ4v) is 6.12. The maximum absolute atomic E-state index is 13.2. The number of nitrogens with one attached hydrogen (secondary N) is 1. The second-order valence-corrected chi connectivity index (χ2v) is 11.7. The second kappa shape index (κ2) is 10.4. The summed E-state index contributed by atoms with van der Waals surface area (Å²) in [6.45, 7) is 3.61. The van der Waals surface area contributed by atoms with Gasteiger partial charge in [-0.25, -0.2) is 9.69 Å². The SMILES string of the molecule is Cc1ccc(S(=O)(=O)Oc2c(Br)cc(/C=C3\C(=O)NC(=O)N(c4ccc(C)c(Cl)c4)C3=O)cc2Br)cc1. The Morgan fingerprint density at radius 3 is 2.16 bits per heavy atom. The summed E-state index contributed by atoms with van der Waals surface area (Å²) in [5.41, 5.74) is 1.89. The number of rotatable bonds is 5. The topological polar surface area (TPSA) is 110 Å². The number of urea groups is 1. The summed E-state index contributed by atoms with van der Waals surface area (Å²) >= 11 is 12.7. The molecule has 1 aliphatic heterocycles. The lowest BCUT2D eigenvalue weighted by atomic mass is 10.1. The van der Waals surface area contributed by atoms with Crippen molar-refractivity contribution in [1.29, 1.82) is 0 Å². The Kier molecular flexibility index (Phi) is 7.61. The summed E-state index contributed by atoms with van der Waals surface area (Å²) in [6.07, 6.45) is 1.28. The first-order chi connectivity index (χ1) is 17.4. The minimum atomic E-state index is -4.13. The number of benzene rings is 3. The smallest absolute Gasteiger partial charge is 0.339 e. The molecule has 0 radical (unpaired) electrons. The lowest BCUT2D eigenvalue weighted by Gasteiger charge is -2.26. The van der Waals surface area contributed by atoms with Gasteiger partial charge in [-0.2, -0.15) is 8.42 Å². The molecule has 4 amide bonds. The van der Waals surface area contributed by atoms with Gasteiger partial charge in [-0.3, -0.25) is 14.9 Å². The summed E-state index contributed by atoms with van der Waals surface area (Å²) in [7, 11) is -4.13. The van der Waals surface area contributed by atoms with Crippen molar-refractivity contribution in [2.45, 2.75) is 18.7 Å². The van der Waals surface area contributed by atoms with Crippen LogP contribution in [0.15, 0.2) is 74.0 Å². The van der Waals surface area contributed by atoms with Gasteiger partial charge in [-0.15, -0.1) is 0 Å². The highest BCUT2D eigenvalue weighted by Gasteiger charge is 2.37. The van der Waals surface area contributed by atoms with Crippen LogP contribution in [0.5, 0.6) is 5.75 Å². The Morgan fingerprint density at radius 1 is 0.946 bits per heavy atom. The molecular formula is C25H17Br2ClN2O6S. The Balaban J connectivity index is 1.67. The summed E-state index contributed by atoms with van der Waals surface area (Å²) < 4.78 is 31.3. The van der Waals surface area contributed by atoms with E-state index in [1.54, 1.807) is 31.2 Å². The molecule has 1 fully saturated rings. The number of carbonyl (C=O) groups is 3. The predicted molar refractivity (Wildman–Crippen MR) is 146 cm³/mol. The zero-order valence-electron chi connectivity index (χ0n) is 19.2. The quantitative estimate of drug-likeness (QED) is 0.206. The lowest BCUT2D eigenvalue weighted by Crippen LogP contribution is -2.54. The lowest BCUT2D eigenvalue weighted by molar-refractivity contribution is -0.122. The van der Waals surface area contributed by atoms with Crippen LogP contribution in [0.1, 0.15) is 16.7 Å². The highest BCUT2D eigenvalue weighted by Crippen LogP contribution is 2.37. The molecule has 190 valence electrons.